The lowest BCUT2D eigenvalue weighted by molar-refractivity contribution is -0.140. The van der Waals surface area contributed by atoms with Crippen LogP contribution in [0.4, 0.5) is 4.79 Å². The molecule has 1 unspecified atom stereocenters. The van der Waals surface area contributed by atoms with E-state index >= 15 is 0 Å². The van der Waals surface area contributed by atoms with Crippen LogP contribution in [0.1, 0.15) is 6.42 Å². The van der Waals surface area contributed by atoms with E-state index in [-0.39, 0.29) is 0 Å². The number of carbonyl (C=O) groups is 2. The minimum atomic E-state index is -1.23. The average molecular weight is 231 g/mol. The second kappa shape index (κ2) is 6.29. The molecule has 0 saturated carbocycles. The number of carboxylic acid groups (broad SMARTS) is 1. The Bertz CT molecular complexity index is 251. The second-order valence-electron chi connectivity index (χ2n) is 3.61. The molecule has 1 aliphatic heterocycles. The Labute approximate surface area is 93.4 Å². The maximum atomic E-state index is 11.6. The van der Waals surface area contributed by atoms with Gasteiger partial charge in [0.25, 0.3) is 0 Å². The Hall–Kier alpha value is -1.34. The van der Waals surface area contributed by atoms with Crippen LogP contribution in [0, 0.1) is 0 Å². The lowest BCUT2D eigenvalue weighted by Crippen LogP contribution is -2.50. The van der Waals surface area contributed by atoms with E-state index in [9.17, 15) is 9.59 Å². The summed E-state index contributed by atoms with van der Waals surface area (Å²) in [6.45, 7) is 2.09. The maximum absolute atomic E-state index is 11.6. The number of amides is 2. The van der Waals surface area contributed by atoms with E-state index in [0.29, 0.717) is 19.6 Å². The fraction of sp³-hybridized carbons (Fsp3) is 0.778. The van der Waals surface area contributed by atoms with E-state index < -0.39 is 24.6 Å². The number of aliphatic hydroxyl groups excluding tert-OH is 1. The van der Waals surface area contributed by atoms with Crippen molar-refractivity contribution in [2.24, 2.45) is 0 Å². The molecule has 0 radical (unpaired) electrons. The number of carbonyl (C=O) groups excluding carboxylic acids is 1. The molecule has 7 nitrogen and oxygen atoms in total. The predicted molar refractivity (Wildman–Crippen MR) is 56.1 cm³/mol. The standard InChI is InChI=1S/C9H17N3O4/c13-6-7(8(14)15)11-9(16)12-4-1-2-10-3-5-12/h7,10,13H,1-6H2,(H,11,16)(H,14,15). The van der Waals surface area contributed by atoms with E-state index in [2.05, 4.69) is 10.6 Å². The zero-order chi connectivity index (χ0) is 12.0. The molecule has 7 heteroatoms. The molecule has 4 N–H and O–H groups in total. The number of hydrogen-bond acceptors (Lipinski definition) is 4. The zero-order valence-corrected chi connectivity index (χ0v) is 8.98. The van der Waals surface area contributed by atoms with Crippen LogP contribution >= 0.6 is 0 Å². The third-order valence-corrected chi connectivity index (χ3v) is 2.41. The molecular weight excluding hydrogens is 214 g/mol. The molecule has 1 rings (SSSR count). The van der Waals surface area contributed by atoms with Crippen molar-refractivity contribution >= 4 is 12.0 Å². The van der Waals surface area contributed by atoms with Crippen LogP contribution in [0.25, 0.3) is 0 Å². The number of nitrogens with one attached hydrogen (secondary N) is 2. The minimum Gasteiger partial charge on any atom is -0.480 e. The summed E-state index contributed by atoms with van der Waals surface area (Å²) < 4.78 is 0. The molecule has 1 aliphatic rings. The van der Waals surface area contributed by atoms with Gasteiger partial charge >= 0.3 is 12.0 Å². The number of rotatable bonds is 3. The molecule has 1 fully saturated rings. The molecule has 0 bridgehead atoms. The van der Waals surface area contributed by atoms with Gasteiger partial charge in [-0.25, -0.2) is 9.59 Å². The zero-order valence-electron chi connectivity index (χ0n) is 8.98. The van der Waals surface area contributed by atoms with E-state index in [1.54, 1.807) is 4.90 Å². The van der Waals surface area contributed by atoms with Crippen LogP contribution in [-0.2, 0) is 4.79 Å². The van der Waals surface area contributed by atoms with Gasteiger partial charge in [0.2, 0.25) is 0 Å². The molecule has 16 heavy (non-hydrogen) atoms. The first kappa shape index (κ1) is 12.7. The first-order valence-electron chi connectivity index (χ1n) is 5.25. The molecule has 92 valence electrons. The Kier molecular flexibility index (Phi) is 5.00. The summed E-state index contributed by atoms with van der Waals surface area (Å²) in [5.74, 6) is -1.23. The van der Waals surface area contributed by atoms with Gasteiger partial charge in [0.1, 0.15) is 0 Å². The molecule has 0 spiro atoms. The number of aliphatic carboxylic acids is 1. The quantitative estimate of drug-likeness (QED) is 0.470. The normalized spacial score (nSPS) is 18.7. The second-order valence-corrected chi connectivity index (χ2v) is 3.61. The summed E-state index contributed by atoms with van der Waals surface area (Å²) in [4.78, 5) is 23.8. The fourth-order valence-corrected chi connectivity index (χ4v) is 1.47. The Morgan fingerprint density at radius 3 is 2.75 bits per heavy atom. The third-order valence-electron chi connectivity index (χ3n) is 2.41. The van der Waals surface area contributed by atoms with Gasteiger partial charge in [-0.2, -0.15) is 0 Å². The van der Waals surface area contributed by atoms with Crippen LogP contribution < -0.4 is 10.6 Å². The summed E-state index contributed by atoms with van der Waals surface area (Å²) in [7, 11) is 0. The largest absolute Gasteiger partial charge is 0.480 e. The van der Waals surface area contributed by atoms with Crippen molar-refractivity contribution in [3.8, 4) is 0 Å². The molecule has 0 aromatic carbocycles. The highest BCUT2D eigenvalue weighted by atomic mass is 16.4. The van der Waals surface area contributed by atoms with Crippen molar-refractivity contribution in [1.82, 2.24) is 15.5 Å². The summed E-state index contributed by atoms with van der Waals surface area (Å²) >= 11 is 0. The third kappa shape index (κ3) is 3.67. The summed E-state index contributed by atoms with van der Waals surface area (Å²) in [5.41, 5.74) is 0. The van der Waals surface area contributed by atoms with Crippen molar-refractivity contribution in [1.29, 1.82) is 0 Å². The highest BCUT2D eigenvalue weighted by molar-refractivity contribution is 5.82. The van der Waals surface area contributed by atoms with Crippen LogP contribution in [-0.4, -0.2) is 65.9 Å². The predicted octanol–water partition coefficient (Wildman–Crippen LogP) is -1.56. The molecule has 2 amide bonds. The van der Waals surface area contributed by atoms with Crippen LogP contribution in [0.15, 0.2) is 0 Å². The van der Waals surface area contributed by atoms with Gasteiger partial charge in [0.05, 0.1) is 6.61 Å². The van der Waals surface area contributed by atoms with E-state index in [0.717, 1.165) is 13.0 Å². The van der Waals surface area contributed by atoms with Crippen molar-refractivity contribution in [2.45, 2.75) is 12.5 Å². The molecule has 0 aromatic heterocycles. The molecule has 1 saturated heterocycles. The number of aliphatic hydroxyl groups is 1. The van der Waals surface area contributed by atoms with E-state index in [1.165, 1.54) is 0 Å². The first-order chi connectivity index (χ1) is 7.65. The maximum Gasteiger partial charge on any atom is 0.328 e. The Morgan fingerprint density at radius 2 is 2.12 bits per heavy atom. The highest BCUT2D eigenvalue weighted by Crippen LogP contribution is 1.97. The van der Waals surface area contributed by atoms with Gasteiger partial charge < -0.3 is 25.7 Å². The van der Waals surface area contributed by atoms with E-state index in [4.69, 9.17) is 10.2 Å². The van der Waals surface area contributed by atoms with Crippen molar-refractivity contribution in [2.75, 3.05) is 32.8 Å². The van der Waals surface area contributed by atoms with Crippen molar-refractivity contribution in [3.05, 3.63) is 0 Å². The Balaban J connectivity index is 2.46. The minimum absolute atomic E-state index is 0.440. The number of nitrogens with zero attached hydrogens (tertiary/aromatic N) is 1. The highest BCUT2D eigenvalue weighted by Gasteiger charge is 2.22. The van der Waals surface area contributed by atoms with Crippen LogP contribution in [0.5, 0.6) is 0 Å². The molecular formula is C9H17N3O4. The molecule has 1 atom stereocenters. The van der Waals surface area contributed by atoms with Gasteiger partial charge in [-0.15, -0.1) is 0 Å². The lowest BCUT2D eigenvalue weighted by Gasteiger charge is -2.22. The molecule has 1 heterocycles. The number of carboxylic acids is 1. The number of urea groups is 1. The first-order valence-corrected chi connectivity index (χ1v) is 5.25. The average Bonchev–Trinajstić information content (AvgIpc) is 2.53. The molecule has 0 aliphatic carbocycles. The van der Waals surface area contributed by atoms with Crippen LogP contribution in [0.2, 0.25) is 0 Å². The summed E-state index contributed by atoms with van der Waals surface area (Å²) in [5, 5.41) is 22.9. The van der Waals surface area contributed by atoms with Crippen molar-refractivity contribution < 1.29 is 19.8 Å². The molecule has 0 aromatic rings. The summed E-state index contributed by atoms with van der Waals surface area (Å²) in [6.07, 6.45) is 0.838. The van der Waals surface area contributed by atoms with Gasteiger partial charge in [-0.3, -0.25) is 0 Å². The smallest absolute Gasteiger partial charge is 0.328 e. The Morgan fingerprint density at radius 1 is 1.38 bits per heavy atom. The van der Waals surface area contributed by atoms with E-state index in [1.807, 2.05) is 0 Å². The topological polar surface area (TPSA) is 102 Å². The van der Waals surface area contributed by atoms with Crippen molar-refractivity contribution in [3.63, 3.8) is 0 Å². The fourth-order valence-electron chi connectivity index (χ4n) is 1.47. The van der Waals surface area contributed by atoms with Gasteiger partial charge in [-0.05, 0) is 13.0 Å². The van der Waals surface area contributed by atoms with Gasteiger partial charge in [0.15, 0.2) is 6.04 Å². The monoisotopic (exact) mass is 231 g/mol. The lowest BCUT2D eigenvalue weighted by atomic mass is 10.3. The number of hydrogen-bond donors (Lipinski definition) is 4. The SMILES string of the molecule is O=C(O)C(CO)NC(=O)N1CCCNCC1. The summed E-state index contributed by atoms with van der Waals surface area (Å²) in [6, 6.07) is -1.67. The van der Waals surface area contributed by atoms with Gasteiger partial charge in [-0.1, -0.05) is 0 Å². The van der Waals surface area contributed by atoms with Crippen LogP contribution in [0.3, 0.4) is 0 Å². The van der Waals surface area contributed by atoms with Gasteiger partial charge in [0, 0.05) is 19.6 Å².